The number of unbranched alkanes of at least 4 members (excludes halogenated alkanes) is 3. The lowest BCUT2D eigenvalue weighted by molar-refractivity contribution is -0.136. The molecular weight excluding hydrogens is 823 g/mol. The molecule has 3 fully saturated rings. The zero-order valence-corrected chi connectivity index (χ0v) is 37.2. The smallest absolute Gasteiger partial charge is 0.262 e. The Kier molecular flexibility index (Phi) is 13.0. The molecule has 334 valence electrons. The van der Waals surface area contributed by atoms with Crippen molar-refractivity contribution in [2.75, 3.05) is 65.2 Å². The first kappa shape index (κ1) is 43.9. The number of aromatic nitrogens is 3. The molecule has 2 aromatic heterocycles. The summed E-state index contributed by atoms with van der Waals surface area (Å²) in [7, 11) is -1.49. The van der Waals surface area contributed by atoms with E-state index < -0.39 is 39.5 Å². The van der Waals surface area contributed by atoms with Crippen LogP contribution in [0, 0.1) is 5.92 Å². The number of benzene rings is 2. The number of imide groups is 2. The molecule has 16 nitrogen and oxygen atoms in total. The van der Waals surface area contributed by atoms with E-state index in [0.29, 0.717) is 42.8 Å². The topological polar surface area (TPSA) is 196 Å². The molecule has 17 heteroatoms. The van der Waals surface area contributed by atoms with Gasteiger partial charge < -0.3 is 25.2 Å². The molecule has 3 atom stereocenters. The number of carbonyl (C=O) groups excluding carboxylic acids is 4. The van der Waals surface area contributed by atoms with E-state index in [1.54, 1.807) is 31.5 Å². The number of hydrogen-bond acceptors (Lipinski definition) is 14. The Morgan fingerprint density at radius 3 is 2.41 bits per heavy atom. The van der Waals surface area contributed by atoms with Crippen LogP contribution in [0.1, 0.15) is 104 Å². The summed E-state index contributed by atoms with van der Waals surface area (Å²) in [6, 6.07) is 12.2. The van der Waals surface area contributed by atoms with E-state index in [-0.39, 0.29) is 59.5 Å². The summed E-state index contributed by atoms with van der Waals surface area (Å²) in [5, 5.41) is 11.0. The summed E-state index contributed by atoms with van der Waals surface area (Å²) >= 11 is 0. The van der Waals surface area contributed by atoms with Crippen LogP contribution in [0.2, 0.25) is 0 Å². The van der Waals surface area contributed by atoms with Crippen LogP contribution in [0.3, 0.4) is 0 Å². The van der Waals surface area contributed by atoms with Gasteiger partial charge in [0.15, 0.2) is 9.84 Å². The van der Waals surface area contributed by atoms with Crippen LogP contribution in [0.4, 0.5) is 29.0 Å². The minimum Gasteiger partial charge on any atom is -0.385 e. The Hall–Kier alpha value is -5.68. The van der Waals surface area contributed by atoms with Crippen molar-refractivity contribution in [1.82, 2.24) is 25.2 Å². The molecule has 0 saturated carbocycles. The van der Waals surface area contributed by atoms with E-state index >= 15 is 0 Å². The van der Waals surface area contributed by atoms with Crippen LogP contribution in [0.15, 0.2) is 54.9 Å². The van der Waals surface area contributed by atoms with Crippen molar-refractivity contribution in [3.05, 3.63) is 71.5 Å². The molecular formula is C46H57N9O7S. The average Bonchev–Trinajstić information content (AvgIpc) is 3.51. The minimum atomic E-state index is -3.25. The molecule has 1 unspecified atom stereocenters. The fraction of sp³-hybridized carbons (Fsp3) is 0.500. The lowest BCUT2D eigenvalue weighted by Gasteiger charge is -2.48. The standard InChI is InChI=1S/C46H57N9O7S/c1-28(2)33-11-12-38(37-25-49-41(24-35(33)37)50-40-15-19-48-46(51-40)53-20-16-32(62-4)17-21-53)54-26-30(29(54)3)27-63(60,61)22-8-6-5-7-18-47-31-9-10-34-36(23-31)45(59)55(44(34)58)39-13-14-42(56)52-43(39)57/h9-12,15,19,23-25,28-30,32,39,47H,5-8,13-14,16-18,20-22,26-27H2,1-4H3,(H,52,56,57)(H,48,49,50,51)/t29-,30-,39?/m1/s1. The highest BCUT2D eigenvalue weighted by Crippen LogP contribution is 2.40. The minimum absolute atomic E-state index is 0.0331. The van der Waals surface area contributed by atoms with E-state index in [2.05, 4.69) is 69.7 Å². The Morgan fingerprint density at radius 2 is 1.67 bits per heavy atom. The van der Waals surface area contributed by atoms with Crippen LogP contribution < -0.4 is 25.8 Å². The summed E-state index contributed by atoms with van der Waals surface area (Å²) in [5.74, 6) is 0.547. The summed E-state index contributed by atoms with van der Waals surface area (Å²) in [6.45, 7) is 9.42. The lowest BCUT2D eigenvalue weighted by Crippen LogP contribution is -2.57. The number of pyridine rings is 1. The lowest BCUT2D eigenvalue weighted by atomic mass is 9.88. The van der Waals surface area contributed by atoms with Gasteiger partial charge in [0.25, 0.3) is 11.8 Å². The third kappa shape index (κ3) is 9.49. The molecule has 3 N–H and O–H groups in total. The molecule has 4 aliphatic rings. The number of anilines is 5. The van der Waals surface area contributed by atoms with E-state index in [1.807, 2.05) is 12.3 Å². The zero-order valence-electron chi connectivity index (χ0n) is 36.4. The number of hydrogen-bond donors (Lipinski definition) is 3. The van der Waals surface area contributed by atoms with E-state index in [0.717, 1.165) is 66.6 Å². The molecule has 0 aliphatic carbocycles. The van der Waals surface area contributed by atoms with Crippen LogP contribution in [-0.4, -0.2) is 115 Å². The van der Waals surface area contributed by atoms with Crippen LogP contribution in [-0.2, 0) is 24.2 Å². The predicted octanol–water partition coefficient (Wildman–Crippen LogP) is 5.82. The molecule has 4 aliphatic heterocycles. The number of nitrogens with zero attached hydrogens (tertiary/aromatic N) is 6. The maximum atomic E-state index is 13.3. The number of fused-ring (bicyclic) bond motifs is 2. The number of nitrogens with one attached hydrogen (secondary N) is 3. The summed E-state index contributed by atoms with van der Waals surface area (Å²) in [6.07, 6.45) is 9.00. The Bertz CT molecular complexity index is 2510. The van der Waals surface area contributed by atoms with Gasteiger partial charge in [-0.25, -0.2) is 18.4 Å². The Labute approximate surface area is 368 Å². The molecule has 4 amide bonds. The number of ether oxygens (including phenoxy) is 1. The summed E-state index contributed by atoms with van der Waals surface area (Å²) in [4.78, 5) is 69.6. The first-order valence-electron chi connectivity index (χ1n) is 22.2. The highest BCUT2D eigenvalue weighted by atomic mass is 32.2. The normalized spacial score (nSPS) is 20.7. The number of methoxy groups -OCH3 is 1. The molecule has 0 spiro atoms. The molecule has 2 aromatic carbocycles. The molecule has 0 radical (unpaired) electrons. The van der Waals surface area contributed by atoms with E-state index in [4.69, 9.17) is 14.7 Å². The number of piperidine rings is 2. The molecule has 8 rings (SSSR count). The van der Waals surface area contributed by atoms with Crippen molar-refractivity contribution in [2.45, 2.75) is 96.2 Å². The van der Waals surface area contributed by atoms with Crippen LogP contribution >= 0.6 is 0 Å². The fourth-order valence-electron chi connectivity index (χ4n) is 9.28. The second kappa shape index (κ2) is 18.6. The number of amides is 4. The Morgan fingerprint density at radius 1 is 0.889 bits per heavy atom. The molecule has 63 heavy (non-hydrogen) atoms. The average molecular weight is 880 g/mol. The van der Waals surface area contributed by atoms with Crippen LogP contribution in [0.25, 0.3) is 10.8 Å². The maximum Gasteiger partial charge on any atom is 0.262 e. The van der Waals surface area contributed by atoms with Gasteiger partial charge >= 0.3 is 0 Å². The first-order chi connectivity index (χ1) is 30.3. The van der Waals surface area contributed by atoms with Gasteiger partial charge in [-0.15, -0.1) is 0 Å². The van der Waals surface area contributed by atoms with Crippen LogP contribution in [0.5, 0.6) is 0 Å². The molecule has 3 saturated heterocycles. The predicted molar refractivity (Wildman–Crippen MR) is 242 cm³/mol. The Balaban J connectivity index is 0.798. The van der Waals surface area contributed by atoms with Gasteiger partial charge in [-0.3, -0.25) is 29.4 Å². The van der Waals surface area contributed by atoms with Gasteiger partial charge in [0.1, 0.15) is 17.7 Å². The summed E-state index contributed by atoms with van der Waals surface area (Å²) in [5.41, 5.74) is 3.41. The van der Waals surface area contributed by atoms with Gasteiger partial charge in [0.05, 0.1) is 28.7 Å². The van der Waals surface area contributed by atoms with Crippen molar-refractivity contribution in [2.24, 2.45) is 5.92 Å². The number of carbonyl (C=O) groups is 4. The summed E-state index contributed by atoms with van der Waals surface area (Å²) < 4.78 is 32.1. The second-order valence-corrected chi connectivity index (χ2v) is 19.8. The van der Waals surface area contributed by atoms with Crippen molar-refractivity contribution in [3.8, 4) is 0 Å². The molecule has 6 heterocycles. The van der Waals surface area contributed by atoms with Crippen molar-refractivity contribution in [1.29, 1.82) is 0 Å². The number of rotatable bonds is 17. The van der Waals surface area contributed by atoms with Gasteiger partial charge in [-0.1, -0.05) is 32.8 Å². The quantitative estimate of drug-likeness (QED) is 0.0848. The van der Waals surface area contributed by atoms with Gasteiger partial charge in [0.2, 0.25) is 17.8 Å². The third-order valence-corrected chi connectivity index (χ3v) is 14.9. The van der Waals surface area contributed by atoms with Gasteiger partial charge in [-0.05, 0) is 92.3 Å². The highest BCUT2D eigenvalue weighted by Gasteiger charge is 2.45. The fourth-order valence-corrected chi connectivity index (χ4v) is 11.1. The van der Waals surface area contributed by atoms with Gasteiger partial charge in [-0.2, -0.15) is 4.98 Å². The zero-order chi connectivity index (χ0) is 44.4. The molecule has 4 aromatic rings. The van der Waals surface area contributed by atoms with Gasteiger partial charge in [0, 0.05) is 80.8 Å². The number of sulfone groups is 1. The largest absolute Gasteiger partial charge is 0.385 e. The van der Waals surface area contributed by atoms with Crippen molar-refractivity contribution < 1.29 is 32.3 Å². The van der Waals surface area contributed by atoms with E-state index in [1.165, 1.54) is 5.56 Å². The maximum absolute atomic E-state index is 13.3. The van der Waals surface area contributed by atoms with Crippen molar-refractivity contribution in [3.63, 3.8) is 0 Å². The monoisotopic (exact) mass is 879 g/mol. The first-order valence-corrected chi connectivity index (χ1v) is 24.0. The second-order valence-electron chi connectivity index (χ2n) is 17.5. The highest BCUT2D eigenvalue weighted by molar-refractivity contribution is 7.91. The van der Waals surface area contributed by atoms with Crippen molar-refractivity contribution >= 4 is 73.2 Å². The SMILES string of the molecule is COC1CCN(c2nccc(Nc3cc4c(C(C)C)ccc(N5C[C@H](CS(=O)(=O)CCCCCCNc6ccc7c(c6)C(=O)N(C6CCC(=O)NC6=O)C7=O)[C@H]5C)c4cn3)n2)CC1. The molecule has 0 bridgehead atoms. The third-order valence-electron chi connectivity index (χ3n) is 13.0. The van der Waals surface area contributed by atoms with E-state index in [9.17, 15) is 27.6 Å².